The van der Waals surface area contributed by atoms with Gasteiger partial charge in [0.1, 0.15) is 0 Å². The summed E-state index contributed by atoms with van der Waals surface area (Å²) >= 11 is 1.62. The number of benzene rings is 1. The maximum absolute atomic E-state index is 12.0. The molecule has 1 atom stereocenters. The third-order valence-corrected chi connectivity index (χ3v) is 6.47. The lowest BCUT2D eigenvalue weighted by Gasteiger charge is -2.21. The first kappa shape index (κ1) is 13.1. The number of fused-ring (bicyclic) bond motifs is 1. The van der Waals surface area contributed by atoms with E-state index in [9.17, 15) is 13.5 Å². The number of rotatable bonds is 3. The molecule has 0 spiro atoms. The fourth-order valence-corrected chi connectivity index (χ4v) is 5.20. The number of nitrogens with zero attached hydrogens (tertiary/aromatic N) is 1. The van der Waals surface area contributed by atoms with E-state index in [1.165, 1.54) is 4.31 Å². The molecular formula is C13H15NO3S2. The van der Waals surface area contributed by atoms with Crippen LogP contribution >= 0.6 is 11.3 Å². The topological polar surface area (TPSA) is 57.6 Å². The molecule has 1 fully saturated rings. The van der Waals surface area contributed by atoms with Crippen molar-refractivity contribution in [2.75, 3.05) is 12.4 Å². The summed E-state index contributed by atoms with van der Waals surface area (Å²) in [5.41, 5.74) is 1.01. The maximum Gasteiger partial charge on any atom is 0.214 e. The zero-order chi connectivity index (χ0) is 13.5. The average molecular weight is 297 g/mol. The minimum absolute atomic E-state index is 0.111. The number of thiophene rings is 1. The highest BCUT2D eigenvalue weighted by Gasteiger charge is 2.36. The van der Waals surface area contributed by atoms with Crippen molar-refractivity contribution in [3.8, 4) is 0 Å². The number of sulfonamides is 1. The quantitative estimate of drug-likeness (QED) is 0.940. The Bertz CT molecular complexity index is 693. The summed E-state index contributed by atoms with van der Waals surface area (Å²) in [6.07, 6.45) is 0.513. The van der Waals surface area contributed by atoms with E-state index in [1.807, 2.05) is 29.6 Å². The second-order valence-corrected chi connectivity index (χ2v) is 7.70. The Morgan fingerprint density at radius 3 is 3.00 bits per heavy atom. The standard InChI is InChI=1S/C13H15NO3S2/c15-9-12-5-7-19(16,17)14(12)8-11-3-1-2-10-4-6-18-13(10)11/h1-4,6,12,15H,5,7-9H2. The molecule has 102 valence electrons. The molecule has 1 N–H and O–H groups in total. The largest absolute Gasteiger partial charge is 0.395 e. The van der Waals surface area contributed by atoms with Crippen LogP contribution in [0.4, 0.5) is 0 Å². The molecule has 2 heterocycles. The SMILES string of the molecule is O=S1(=O)CCC(CO)N1Cc1cccc2ccsc12. The molecule has 4 nitrogen and oxygen atoms in total. The molecule has 1 aromatic heterocycles. The van der Waals surface area contributed by atoms with Gasteiger partial charge in [-0.25, -0.2) is 8.42 Å². The van der Waals surface area contributed by atoms with Crippen LogP contribution in [0.3, 0.4) is 0 Å². The second kappa shape index (κ2) is 4.86. The summed E-state index contributed by atoms with van der Waals surface area (Å²) < 4.78 is 26.6. The van der Waals surface area contributed by atoms with Gasteiger partial charge in [0.05, 0.1) is 12.4 Å². The van der Waals surface area contributed by atoms with Crippen LogP contribution in [-0.4, -0.2) is 36.2 Å². The fraction of sp³-hybridized carbons (Fsp3) is 0.385. The van der Waals surface area contributed by atoms with Crippen molar-refractivity contribution < 1.29 is 13.5 Å². The van der Waals surface area contributed by atoms with Gasteiger partial charge in [0.2, 0.25) is 10.0 Å². The van der Waals surface area contributed by atoms with Gasteiger partial charge in [-0.05, 0) is 28.8 Å². The van der Waals surface area contributed by atoms with Crippen molar-refractivity contribution in [3.05, 3.63) is 35.2 Å². The molecule has 1 aliphatic rings. The number of aliphatic hydroxyl groups excluding tert-OH is 1. The monoisotopic (exact) mass is 297 g/mol. The Balaban J connectivity index is 1.98. The van der Waals surface area contributed by atoms with E-state index in [1.54, 1.807) is 11.3 Å². The van der Waals surface area contributed by atoms with Gasteiger partial charge in [-0.1, -0.05) is 18.2 Å². The van der Waals surface area contributed by atoms with Crippen molar-refractivity contribution in [1.82, 2.24) is 4.31 Å². The van der Waals surface area contributed by atoms with Gasteiger partial charge in [-0.3, -0.25) is 0 Å². The molecule has 0 saturated carbocycles. The lowest BCUT2D eigenvalue weighted by atomic mass is 10.1. The molecule has 6 heteroatoms. The molecular weight excluding hydrogens is 282 g/mol. The predicted octanol–water partition coefficient (Wildman–Crippen LogP) is 1.80. The molecule has 1 aromatic carbocycles. The Kier molecular flexibility index (Phi) is 3.34. The van der Waals surface area contributed by atoms with Crippen LogP contribution in [0.25, 0.3) is 10.1 Å². The van der Waals surface area contributed by atoms with Crippen molar-refractivity contribution in [3.63, 3.8) is 0 Å². The smallest absolute Gasteiger partial charge is 0.214 e. The Labute approximate surface area is 116 Å². The summed E-state index contributed by atoms with van der Waals surface area (Å²) in [5, 5.41) is 12.5. The van der Waals surface area contributed by atoms with Crippen LogP contribution in [0.1, 0.15) is 12.0 Å². The van der Waals surface area contributed by atoms with E-state index in [-0.39, 0.29) is 18.4 Å². The molecule has 0 bridgehead atoms. The van der Waals surface area contributed by atoms with E-state index in [0.717, 1.165) is 15.6 Å². The van der Waals surface area contributed by atoms with Gasteiger partial charge in [-0.15, -0.1) is 11.3 Å². The van der Waals surface area contributed by atoms with E-state index >= 15 is 0 Å². The second-order valence-electron chi connectivity index (χ2n) is 4.74. The summed E-state index contributed by atoms with van der Waals surface area (Å²) in [6, 6.07) is 7.69. The fourth-order valence-electron chi connectivity index (χ4n) is 2.53. The van der Waals surface area contributed by atoms with Crippen molar-refractivity contribution in [2.45, 2.75) is 19.0 Å². The summed E-state index contributed by atoms with van der Waals surface area (Å²) in [7, 11) is -3.22. The van der Waals surface area contributed by atoms with Gasteiger partial charge in [-0.2, -0.15) is 4.31 Å². The minimum Gasteiger partial charge on any atom is -0.395 e. The van der Waals surface area contributed by atoms with Gasteiger partial charge < -0.3 is 5.11 Å². The van der Waals surface area contributed by atoms with Crippen LogP contribution < -0.4 is 0 Å². The zero-order valence-electron chi connectivity index (χ0n) is 10.3. The number of aliphatic hydroxyl groups is 1. The van der Waals surface area contributed by atoms with Gasteiger partial charge in [0.25, 0.3) is 0 Å². The first-order valence-corrected chi connectivity index (χ1v) is 8.66. The molecule has 19 heavy (non-hydrogen) atoms. The molecule has 3 rings (SSSR count). The van der Waals surface area contributed by atoms with Crippen LogP contribution in [0.5, 0.6) is 0 Å². The van der Waals surface area contributed by atoms with Crippen molar-refractivity contribution in [1.29, 1.82) is 0 Å². The van der Waals surface area contributed by atoms with Crippen LogP contribution in [0.15, 0.2) is 29.6 Å². The Morgan fingerprint density at radius 2 is 2.21 bits per heavy atom. The van der Waals surface area contributed by atoms with E-state index in [0.29, 0.717) is 13.0 Å². The Morgan fingerprint density at radius 1 is 1.37 bits per heavy atom. The number of hydrogen-bond acceptors (Lipinski definition) is 4. The number of hydrogen-bond donors (Lipinski definition) is 1. The normalized spacial score (nSPS) is 23.1. The summed E-state index contributed by atoms with van der Waals surface area (Å²) in [4.78, 5) is 0. The minimum atomic E-state index is -3.22. The highest BCUT2D eigenvalue weighted by molar-refractivity contribution is 7.89. The first-order chi connectivity index (χ1) is 9.12. The predicted molar refractivity (Wildman–Crippen MR) is 76.6 cm³/mol. The van der Waals surface area contributed by atoms with Crippen molar-refractivity contribution >= 4 is 31.4 Å². The molecule has 1 aliphatic heterocycles. The van der Waals surface area contributed by atoms with Crippen LogP contribution in [-0.2, 0) is 16.6 Å². The third-order valence-electron chi connectivity index (χ3n) is 3.57. The van der Waals surface area contributed by atoms with Crippen LogP contribution in [0.2, 0.25) is 0 Å². The zero-order valence-corrected chi connectivity index (χ0v) is 12.0. The third kappa shape index (κ3) is 2.29. The lowest BCUT2D eigenvalue weighted by molar-refractivity contribution is 0.193. The first-order valence-electron chi connectivity index (χ1n) is 6.17. The molecule has 0 amide bonds. The van der Waals surface area contributed by atoms with E-state index in [2.05, 4.69) is 0 Å². The van der Waals surface area contributed by atoms with Crippen LogP contribution in [0, 0.1) is 0 Å². The molecule has 0 radical (unpaired) electrons. The molecule has 2 aromatic rings. The lowest BCUT2D eigenvalue weighted by Crippen LogP contribution is -2.34. The average Bonchev–Trinajstić information content (AvgIpc) is 2.96. The molecule has 1 saturated heterocycles. The van der Waals surface area contributed by atoms with Gasteiger partial charge in [0, 0.05) is 17.3 Å². The van der Waals surface area contributed by atoms with E-state index in [4.69, 9.17) is 0 Å². The maximum atomic E-state index is 12.0. The molecule has 1 unspecified atom stereocenters. The van der Waals surface area contributed by atoms with E-state index < -0.39 is 10.0 Å². The van der Waals surface area contributed by atoms with Gasteiger partial charge >= 0.3 is 0 Å². The highest BCUT2D eigenvalue weighted by atomic mass is 32.2. The highest BCUT2D eigenvalue weighted by Crippen LogP contribution is 2.29. The molecule has 0 aliphatic carbocycles. The summed E-state index contributed by atoms with van der Waals surface area (Å²) in [6.45, 7) is 0.241. The summed E-state index contributed by atoms with van der Waals surface area (Å²) in [5.74, 6) is 0.138. The van der Waals surface area contributed by atoms with Crippen molar-refractivity contribution in [2.24, 2.45) is 0 Å². The van der Waals surface area contributed by atoms with Gasteiger partial charge in [0.15, 0.2) is 0 Å². The Hall–Kier alpha value is -0.950.